The fraction of sp³-hybridized carbons (Fsp3) is 0.364. The molecular formula is C33H32N2. The van der Waals surface area contributed by atoms with Gasteiger partial charge in [-0.2, -0.15) is 0 Å². The molecule has 3 aromatic heterocycles. The minimum atomic E-state index is 0.0292. The molecule has 0 N–H and O–H groups in total. The van der Waals surface area contributed by atoms with Gasteiger partial charge in [0.05, 0.1) is 22.1 Å². The van der Waals surface area contributed by atoms with Gasteiger partial charge < -0.3 is 4.40 Å². The first-order chi connectivity index (χ1) is 16.9. The topological polar surface area (TPSA) is 17.3 Å². The van der Waals surface area contributed by atoms with Gasteiger partial charge in [0.1, 0.15) is 0 Å². The number of aromatic nitrogens is 2. The molecule has 174 valence electrons. The van der Waals surface area contributed by atoms with Crippen LogP contribution in [0.1, 0.15) is 69.1 Å². The first-order valence-corrected chi connectivity index (χ1v) is 13.4. The molecule has 3 heterocycles. The molecule has 0 amide bonds. The minimum Gasteiger partial charge on any atom is -0.308 e. The van der Waals surface area contributed by atoms with Gasteiger partial charge in [0.15, 0.2) is 0 Å². The highest BCUT2D eigenvalue weighted by Crippen LogP contribution is 2.56. The molecule has 2 aliphatic rings. The molecule has 6 aromatic rings. The summed E-state index contributed by atoms with van der Waals surface area (Å²) in [6.45, 7) is 9.27. The second-order valence-electron chi connectivity index (χ2n) is 12.5. The van der Waals surface area contributed by atoms with E-state index in [1.807, 2.05) is 6.20 Å². The molecule has 2 bridgehead atoms. The van der Waals surface area contributed by atoms with Crippen LogP contribution in [0.5, 0.6) is 0 Å². The van der Waals surface area contributed by atoms with Crippen LogP contribution in [0, 0.1) is 18.8 Å². The third-order valence-electron chi connectivity index (χ3n) is 9.37. The van der Waals surface area contributed by atoms with E-state index in [1.165, 1.54) is 80.3 Å². The molecule has 8 rings (SSSR count). The Hall–Kier alpha value is -3.13. The zero-order valence-corrected chi connectivity index (χ0v) is 21.2. The lowest BCUT2D eigenvalue weighted by Crippen LogP contribution is -2.14. The summed E-state index contributed by atoms with van der Waals surface area (Å²) in [5.41, 5.74) is 9.57. The van der Waals surface area contributed by atoms with Crippen LogP contribution in [0.15, 0.2) is 54.7 Å². The van der Waals surface area contributed by atoms with Crippen molar-refractivity contribution < 1.29 is 0 Å². The van der Waals surface area contributed by atoms with Crippen molar-refractivity contribution in [3.05, 3.63) is 71.4 Å². The largest absolute Gasteiger partial charge is 0.308 e. The Morgan fingerprint density at radius 3 is 2.51 bits per heavy atom. The Bertz CT molecular complexity index is 1810. The van der Waals surface area contributed by atoms with Gasteiger partial charge in [0, 0.05) is 27.7 Å². The zero-order valence-electron chi connectivity index (χ0n) is 21.2. The highest BCUT2D eigenvalue weighted by atomic mass is 14.9. The lowest BCUT2D eigenvalue weighted by Gasteiger charge is -2.26. The number of rotatable bonds is 1. The fourth-order valence-corrected chi connectivity index (χ4v) is 7.98. The van der Waals surface area contributed by atoms with Crippen LogP contribution in [-0.2, 0) is 5.41 Å². The molecule has 2 heteroatoms. The standard InChI is InChI=1S/C33H32N2/c1-18-13-25-30-28-21(11-12-34-30)17-24(23-16-19-9-10-20(23)15-19)29-22-7-5-6-8-27(22)35(32(28)29)31(25)26(14-18)33(2,3)4/h5-8,11-14,17,19-20,23H,9-10,15-16H2,1-4H3. The number of nitrogens with zero attached hydrogens (tertiary/aromatic N) is 2. The fourth-order valence-electron chi connectivity index (χ4n) is 7.98. The van der Waals surface area contributed by atoms with Crippen LogP contribution in [-0.4, -0.2) is 9.38 Å². The number of hydrogen-bond donors (Lipinski definition) is 0. The Balaban J connectivity index is 1.68. The molecule has 0 radical (unpaired) electrons. The highest BCUT2D eigenvalue weighted by molar-refractivity contribution is 6.28. The zero-order chi connectivity index (χ0) is 23.6. The maximum atomic E-state index is 5.05. The molecule has 2 fully saturated rings. The Morgan fingerprint density at radius 2 is 1.74 bits per heavy atom. The summed E-state index contributed by atoms with van der Waals surface area (Å²) < 4.78 is 2.62. The first kappa shape index (κ1) is 20.1. The summed E-state index contributed by atoms with van der Waals surface area (Å²) in [6.07, 6.45) is 7.68. The molecule has 0 aliphatic heterocycles. The van der Waals surface area contributed by atoms with Gasteiger partial charge in [-0.25, -0.2) is 0 Å². The van der Waals surface area contributed by atoms with Crippen molar-refractivity contribution in [2.45, 2.75) is 64.7 Å². The van der Waals surface area contributed by atoms with Crippen LogP contribution in [0.4, 0.5) is 0 Å². The van der Waals surface area contributed by atoms with Crippen LogP contribution < -0.4 is 0 Å². The van der Waals surface area contributed by atoms with Crippen molar-refractivity contribution in [3.63, 3.8) is 0 Å². The average Bonchev–Trinajstić information content (AvgIpc) is 3.55. The molecule has 3 atom stereocenters. The van der Waals surface area contributed by atoms with Crippen molar-refractivity contribution >= 4 is 49.0 Å². The maximum Gasteiger partial charge on any atom is 0.0822 e. The van der Waals surface area contributed by atoms with Crippen LogP contribution in [0.2, 0.25) is 0 Å². The average molecular weight is 457 g/mol. The van der Waals surface area contributed by atoms with E-state index in [1.54, 1.807) is 5.56 Å². The summed E-state index contributed by atoms with van der Waals surface area (Å²) in [5.74, 6) is 2.48. The predicted molar refractivity (Wildman–Crippen MR) is 148 cm³/mol. The Morgan fingerprint density at radius 1 is 0.886 bits per heavy atom. The number of aryl methyl sites for hydroxylation is 1. The van der Waals surface area contributed by atoms with E-state index < -0.39 is 0 Å². The molecule has 2 saturated carbocycles. The lowest BCUT2D eigenvalue weighted by molar-refractivity contribution is 0.422. The van der Waals surface area contributed by atoms with Crippen molar-refractivity contribution in [2.75, 3.05) is 0 Å². The van der Waals surface area contributed by atoms with E-state index >= 15 is 0 Å². The van der Waals surface area contributed by atoms with Gasteiger partial charge in [-0.05, 0) is 90.1 Å². The van der Waals surface area contributed by atoms with Gasteiger partial charge in [-0.15, -0.1) is 0 Å². The van der Waals surface area contributed by atoms with Gasteiger partial charge in [0.25, 0.3) is 0 Å². The summed E-state index contributed by atoms with van der Waals surface area (Å²) in [6, 6.07) is 18.7. The number of benzene rings is 3. The molecule has 2 nitrogen and oxygen atoms in total. The second-order valence-corrected chi connectivity index (χ2v) is 12.5. The smallest absolute Gasteiger partial charge is 0.0822 e. The van der Waals surface area contributed by atoms with Crippen LogP contribution >= 0.6 is 0 Å². The monoisotopic (exact) mass is 456 g/mol. The number of pyridine rings is 2. The van der Waals surface area contributed by atoms with Gasteiger partial charge in [0.2, 0.25) is 0 Å². The van der Waals surface area contributed by atoms with Crippen molar-refractivity contribution in [3.8, 4) is 0 Å². The van der Waals surface area contributed by atoms with E-state index in [-0.39, 0.29) is 5.41 Å². The summed E-state index contributed by atoms with van der Waals surface area (Å²) >= 11 is 0. The molecule has 2 aliphatic carbocycles. The minimum absolute atomic E-state index is 0.0292. The normalized spacial score (nSPS) is 22.7. The molecule has 3 unspecified atom stereocenters. The summed E-state index contributed by atoms with van der Waals surface area (Å²) in [4.78, 5) is 5.05. The first-order valence-electron chi connectivity index (χ1n) is 13.4. The van der Waals surface area contributed by atoms with E-state index in [0.717, 1.165) is 17.4 Å². The molecule has 3 aromatic carbocycles. The highest BCUT2D eigenvalue weighted by Gasteiger charge is 2.41. The lowest BCUT2D eigenvalue weighted by atomic mass is 9.80. The molecular weight excluding hydrogens is 424 g/mol. The third-order valence-corrected chi connectivity index (χ3v) is 9.37. The van der Waals surface area contributed by atoms with E-state index in [9.17, 15) is 0 Å². The van der Waals surface area contributed by atoms with Gasteiger partial charge in [-0.3, -0.25) is 4.98 Å². The summed E-state index contributed by atoms with van der Waals surface area (Å²) in [7, 11) is 0. The second kappa shape index (κ2) is 6.55. The SMILES string of the molecule is Cc1cc(C(C)(C)C)c2c(c1)c1nccc3cc(C4CC5CCC4C5)c4c5ccccc5n2c4c31. The quantitative estimate of drug-likeness (QED) is 0.178. The van der Waals surface area contributed by atoms with Crippen molar-refractivity contribution in [1.29, 1.82) is 0 Å². The Kier molecular flexibility index (Phi) is 3.76. The number of para-hydroxylation sites is 1. The Labute approximate surface area is 206 Å². The van der Waals surface area contributed by atoms with Crippen LogP contribution in [0.3, 0.4) is 0 Å². The van der Waals surface area contributed by atoms with Gasteiger partial charge >= 0.3 is 0 Å². The van der Waals surface area contributed by atoms with Crippen molar-refractivity contribution in [2.24, 2.45) is 11.8 Å². The van der Waals surface area contributed by atoms with Crippen LogP contribution in [0.25, 0.3) is 49.0 Å². The van der Waals surface area contributed by atoms with E-state index in [4.69, 9.17) is 4.98 Å². The molecule has 0 saturated heterocycles. The predicted octanol–water partition coefficient (Wildman–Crippen LogP) is 8.89. The number of fused-ring (bicyclic) bond motifs is 8. The molecule has 0 spiro atoms. The van der Waals surface area contributed by atoms with Gasteiger partial charge in [-0.1, -0.05) is 57.0 Å². The van der Waals surface area contributed by atoms with Crippen molar-refractivity contribution in [1.82, 2.24) is 9.38 Å². The van der Waals surface area contributed by atoms with E-state index in [0.29, 0.717) is 5.92 Å². The molecule has 35 heavy (non-hydrogen) atoms. The van der Waals surface area contributed by atoms with E-state index in [2.05, 4.69) is 80.6 Å². The number of hydrogen-bond acceptors (Lipinski definition) is 1. The third kappa shape index (κ3) is 2.53. The summed E-state index contributed by atoms with van der Waals surface area (Å²) in [5, 5.41) is 6.87. The maximum absolute atomic E-state index is 5.05.